The molecule has 1 heterocycles. The van der Waals surface area contributed by atoms with E-state index >= 15 is 0 Å². The zero-order chi connectivity index (χ0) is 12.8. The number of pyridine rings is 1. The highest BCUT2D eigenvalue weighted by atomic mass is 16.2. The van der Waals surface area contributed by atoms with Crippen LogP contribution in [0.15, 0.2) is 12.3 Å². The first kappa shape index (κ1) is 13.3. The SMILES string of the molecule is CCN(CC)C(=O)CNc1cc(N)c(C)cn1. The van der Waals surface area contributed by atoms with Crippen LogP contribution in [0.4, 0.5) is 11.5 Å². The molecule has 5 heteroatoms. The predicted molar refractivity (Wildman–Crippen MR) is 69.8 cm³/mol. The Morgan fingerprint density at radius 2 is 2.12 bits per heavy atom. The number of anilines is 2. The van der Waals surface area contributed by atoms with E-state index in [4.69, 9.17) is 5.73 Å². The molecule has 0 fully saturated rings. The maximum absolute atomic E-state index is 11.7. The molecule has 0 aliphatic carbocycles. The normalized spacial score (nSPS) is 10.1. The highest BCUT2D eigenvalue weighted by Crippen LogP contribution is 2.13. The zero-order valence-electron chi connectivity index (χ0n) is 10.7. The average molecular weight is 236 g/mol. The second-order valence-electron chi connectivity index (χ2n) is 3.85. The van der Waals surface area contributed by atoms with Crippen LogP contribution in [0.2, 0.25) is 0 Å². The molecule has 0 spiro atoms. The number of nitrogens with one attached hydrogen (secondary N) is 1. The number of aryl methyl sites for hydroxylation is 1. The number of hydrogen-bond acceptors (Lipinski definition) is 4. The van der Waals surface area contributed by atoms with Gasteiger partial charge >= 0.3 is 0 Å². The molecular formula is C12H20N4O. The minimum Gasteiger partial charge on any atom is -0.398 e. The third-order valence-electron chi connectivity index (χ3n) is 2.68. The van der Waals surface area contributed by atoms with Crippen molar-refractivity contribution in [2.45, 2.75) is 20.8 Å². The van der Waals surface area contributed by atoms with E-state index in [0.717, 1.165) is 18.7 Å². The molecule has 5 nitrogen and oxygen atoms in total. The van der Waals surface area contributed by atoms with E-state index in [1.807, 2.05) is 20.8 Å². The Labute approximate surface area is 102 Å². The minimum atomic E-state index is 0.0657. The van der Waals surface area contributed by atoms with Gasteiger partial charge in [-0.3, -0.25) is 4.79 Å². The van der Waals surface area contributed by atoms with E-state index in [9.17, 15) is 4.79 Å². The van der Waals surface area contributed by atoms with Crippen molar-refractivity contribution >= 4 is 17.4 Å². The van der Waals surface area contributed by atoms with Crippen molar-refractivity contribution in [1.82, 2.24) is 9.88 Å². The van der Waals surface area contributed by atoms with Crippen molar-refractivity contribution in [1.29, 1.82) is 0 Å². The van der Waals surface area contributed by atoms with Crippen molar-refractivity contribution in [3.63, 3.8) is 0 Å². The highest BCUT2D eigenvalue weighted by Gasteiger charge is 2.09. The molecule has 0 radical (unpaired) electrons. The Hall–Kier alpha value is -1.78. The number of nitrogen functional groups attached to an aromatic ring is 1. The molecule has 0 bridgehead atoms. The van der Waals surface area contributed by atoms with Crippen LogP contribution in [0.25, 0.3) is 0 Å². The number of nitrogens with zero attached hydrogens (tertiary/aromatic N) is 2. The van der Waals surface area contributed by atoms with Crippen LogP contribution in [-0.4, -0.2) is 35.4 Å². The fraction of sp³-hybridized carbons (Fsp3) is 0.500. The molecular weight excluding hydrogens is 216 g/mol. The number of carbonyl (C=O) groups excluding carboxylic acids is 1. The topological polar surface area (TPSA) is 71.2 Å². The van der Waals surface area contributed by atoms with Gasteiger partial charge in [-0.1, -0.05) is 0 Å². The van der Waals surface area contributed by atoms with E-state index in [1.165, 1.54) is 0 Å². The Kier molecular flexibility index (Phi) is 4.75. The molecule has 1 rings (SSSR count). The summed E-state index contributed by atoms with van der Waals surface area (Å²) in [6.07, 6.45) is 1.69. The van der Waals surface area contributed by atoms with Crippen molar-refractivity contribution < 1.29 is 4.79 Å². The summed E-state index contributed by atoms with van der Waals surface area (Å²) in [6.45, 7) is 7.51. The van der Waals surface area contributed by atoms with Gasteiger partial charge in [0.2, 0.25) is 5.91 Å². The molecule has 0 saturated carbocycles. The summed E-state index contributed by atoms with van der Waals surface area (Å²) in [5.74, 6) is 0.699. The number of likely N-dealkylation sites (N-methyl/N-ethyl adjacent to an activating group) is 1. The largest absolute Gasteiger partial charge is 0.398 e. The first-order valence-electron chi connectivity index (χ1n) is 5.82. The first-order valence-corrected chi connectivity index (χ1v) is 5.82. The van der Waals surface area contributed by atoms with Crippen LogP contribution in [0.3, 0.4) is 0 Å². The fourth-order valence-electron chi connectivity index (χ4n) is 1.49. The van der Waals surface area contributed by atoms with Gasteiger partial charge < -0.3 is 16.0 Å². The third-order valence-corrected chi connectivity index (χ3v) is 2.68. The lowest BCUT2D eigenvalue weighted by molar-refractivity contribution is -0.128. The number of carbonyl (C=O) groups is 1. The molecule has 0 saturated heterocycles. The smallest absolute Gasteiger partial charge is 0.241 e. The monoisotopic (exact) mass is 236 g/mol. The van der Waals surface area contributed by atoms with Crippen LogP contribution < -0.4 is 11.1 Å². The number of aromatic nitrogens is 1. The van der Waals surface area contributed by atoms with Gasteiger partial charge in [0.1, 0.15) is 5.82 Å². The molecule has 0 aliphatic rings. The fourth-order valence-corrected chi connectivity index (χ4v) is 1.49. The highest BCUT2D eigenvalue weighted by molar-refractivity contribution is 5.80. The van der Waals surface area contributed by atoms with Gasteiger partial charge in [0.15, 0.2) is 0 Å². The Bertz CT molecular complexity index is 388. The third kappa shape index (κ3) is 3.62. The molecule has 1 aromatic rings. The molecule has 94 valence electrons. The van der Waals surface area contributed by atoms with Gasteiger partial charge in [-0.25, -0.2) is 4.98 Å². The van der Waals surface area contributed by atoms with Gasteiger partial charge in [-0.05, 0) is 26.3 Å². The van der Waals surface area contributed by atoms with Gasteiger partial charge in [0, 0.05) is 31.0 Å². The second-order valence-corrected chi connectivity index (χ2v) is 3.85. The number of hydrogen-bond donors (Lipinski definition) is 2. The number of rotatable bonds is 5. The predicted octanol–water partition coefficient (Wildman–Crippen LogP) is 1.25. The van der Waals surface area contributed by atoms with Gasteiger partial charge in [0.05, 0.1) is 6.54 Å². The zero-order valence-corrected chi connectivity index (χ0v) is 10.7. The molecule has 0 aliphatic heterocycles. The van der Waals surface area contributed by atoms with Crippen molar-refractivity contribution in [3.05, 3.63) is 17.8 Å². The standard InChI is InChI=1S/C12H20N4O/c1-4-16(5-2)12(17)8-15-11-6-10(13)9(3)7-14-11/h6-7H,4-5,8H2,1-3H3,(H3,13,14,15). The van der Waals surface area contributed by atoms with Crippen molar-refractivity contribution in [2.24, 2.45) is 0 Å². The van der Waals surface area contributed by atoms with Gasteiger partial charge in [-0.15, -0.1) is 0 Å². The van der Waals surface area contributed by atoms with E-state index in [1.54, 1.807) is 17.2 Å². The van der Waals surface area contributed by atoms with Crippen LogP contribution in [0.1, 0.15) is 19.4 Å². The van der Waals surface area contributed by atoms with Crippen LogP contribution in [0, 0.1) is 6.92 Å². The van der Waals surface area contributed by atoms with Crippen LogP contribution >= 0.6 is 0 Å². The summed E-state index contributed by atoms with van der Waals surface area (Å²) in [5, 5.41) is 2.98. The molecule has 0 aromatic carbocycles. The molecule has 1 amide bonds. The van der Waals surface area contributed by atoms with E-state index in [0.29, 0.717) is 11.5 Å². The van der Waals surface area contributed by atoms with Crippen molar-refractivity contribution in [3.8, 4) is 0 Å². The van der Waals surface area contributed by atoms with Crippen LogP contribution in [-0.2, 0) is 4.79 Å². The molecule has 1 aromatic heterocycles. The quantitative estimate of drug-likeness (QED) is 0.807. The van der Waals surface area contributed by atoms with Gasteiger partial charge in [-0.2, -0.15) is 0 Å². The lowest BCUT2D eigenvalue weighted by atomic mass is 10.2. The van der Waals surface area contributed by atoms with Crippen molar-refractivity contribution in [2.75, 3.05) is 30.7 Å². The van der Waals surface area contributed by atoms with Gasteiger partial charge in [0.25, 0.3) is 0 Å². The lowest BCUT2D eigenvalue weighted by Gasteiger charge is -2.18. The molecule has 3 N–H and O–H groups in total. The summed E-state index contributed by atoms with van der Waals surface area (Å²) in [7, 11) is 0. The minimum absolute atomic E-state index is 0.0657. The Morgan fingerprint density at radius 3 is 2.65 bits per heavy atom. The molecule has 0 unspecified atom stereocenters. The van der Waals surface area contributed by atoms with E-state index < -0.39 is 0 Å². The Balaban J connectivity index is 2.55. The lowest BCUT2D eigenvalue weighted by Crippen LogP contribution is -2.35. The number of amides is 1. The maximum atomic E-state index is 11.7. The maximum Gasteiger partial charge on any atom is 0.241 e. The summed E-state index contributed by atoms with van der Waals surface area (Å²) in [4.78, 5) is 17.7. The number of nitrogens with two attached hydrogens (primary N) is 1. The second kappa shape index (κ2) is 6.08. The molecule has 17 heavy (non-hydrogen) atoms. The van der Waals surface area contributed by atoms with E-state index in [-0.39, 0.29) is 12.5 Å². The summed E-state index contributed by atoms with van der Waals surface area (Å²) in [5.41, 5.74) is 7.38. The Morgan fingerprint density at radius 1 is 1.47 bits per heavy atom. The summed E-state index contributed by atoms with van der Waals surface area (Å²) < 4.78 is 0. The first-order chi connectivity index (χ1) is 8.08. The summed E-state index contributed by atoms with van der Waals surface area (Å²) in [6, 6.07) is 1.74. The van der Waals surface area contributed by atoms with Crippen LogP contribution in [0.5, 0.6) is 0 Å². The summed E-state index contributed by atoms with van der Waals surface area (Å²) >= 11 is 0. The molecule has 0 atom stereocenters. The average Bonchev–Trinajstić information content (AvgIpc) is 2.32. The van der Waals surface area contributed by atoms with E-state index in [2.05, 4.69) is 10.3 Å².